The first-order valence-electron chi connectivity index (χ1n) is 8.63. The van der Waals surface area contributed by atoms with Crippen LogP contribution in [0.15, 0.2) is 36.4 Å². The molecule has 3 rings (SSSR count). The Bertz CT molecular complexity index is 787. The topological polar surface area (TPSA) is 38.7 Å². The minimum atomic E-state index is 0.304. The molecule has 0 bridgehead atoms. The van der Waals surface area contributed by atoms with E-state index in [4.69, 9.17) is 23.2 Å². The van der Waals surface area contributed by atoms with Gasteiger partial charge in [-0.05, 0) is 42.4 Å². The third-order valence-corrected chi connectivity index (χ3v) is 5.25. The minimum Gasteiger partial charge on any atom is -0.508 e. The van der Waals surface area contributed by atoms with Crippen LogP contribution in [0.2, 0.25) is 10.0 Å². The smallest absolute Gasteiger partial charge is 0.120 e. The number of piperazine rings is 1. The first-order valence-corrected chi connectivity index (χ1v) is 9.39. The third kappa shape index (κ3) is 5.22. The molecule has 1 aliphatic heterocycles. The Morgan fingerprint density at radius 2 is 1.62 bits per heavy atom. The van der Waals surface area contributed by atoms with Gasteiger partial charge < -0.3 is 10.0 Å². The molecule has 1 aliphatic rings. The summed E-state index contributed by atoms with van der Waals surface area (Å²) < 4.78 is 0. The van der Waals surface area contributed by atoms with E-state index in [1.165, 1.54) is 0 Å². The molecule has 4 nitrogen and oxygen atoms in total. The van der Waals surface area contributed by atoms with E-state index in [0.717, 1.165) is 42.9 Å². The Morgan fingerprint density at radius 1 is 0.962 bits per heavy atom. The van der Waals surface area contributed by atoms with Crippen molar-refractivity contribution in [3.05, 3.63) is 63.1 Å². The van der Waals surface area contributed by atoms with Crippen LogP contribution in [0.4, 0.5) is 0 Å². The third-order valence-electron chi connectivity index (χ3n) is 4.51. The van der Waals surface area contributed by atoms with Gasteiger partial charge in [0.2, 0.25) is 0 Å². The molecule has 1 fully saturated rings. The van der Waals surface area contributed by atoms with E-state index >= 15 is 0 Å². The van der Waals surface area contributed by atoms with Crippen LogP contribution in [-0.4, -0.2) is 48.2 Å². The Kier molecular flexibility index (Phi) is 6.57. The van der Waals surface area contributed by atoms with Crippen molar-refractivity contribution >= 4 is 35.4 Å². The van der Waals surface area contributed by atoms with Crippen molar-refractivity contribution in [1.29, 1.82) is 0 Å². The Balaban J connectivity index is 1.65. The second-order valence-electron chi connectivity index (χ2n) is 6.52. The van der Waals surface area contributed by atoms with Gasteiger partial charge in [-0.15, -0.1) is 0 Å². The van der Waals surface area contributed by atoms with Crippen LogP contribution >= 0.6 is 23.2 Å². The molecule has 0 unspecified atom stereocenters. The van der Waals surface area contributed by atoms with E-state index in [9.17, 15) is 5.11 Å². The zero-order chi connectivity index (χ0) is 18.5. The summed E-state index contributed by atoms with van der Waals surface area (Å²) in [5, 5.41) is 13.4. The lowest BCUT2D eigenvalue weighted by atomic mass is 10.1. The van der Waals surface area contributed by atoms with E-state index in [0.29, 0.717) is 22.3 Å². The van der Waals surface area contributed by atoms with Crippen molar-refractivity contribution in [3.8, 4) is 5.75 Å². The number of phenolic OH excluding ortho intramolecular Hbond substituents is 1. The maximum absolute atomic E-state index is 10.1. The van der Waals surface area contributed by atoms with Crippen LogP contribution in [0.1, 0.15) is 16.7 Å². The molecule has 2 N–H and O–H groups in total. The van der Waals surface area contributed by atoms with Gasteiger partial charge >= 0.3 is 0 Å². The maximum Gasteiger partial charge on any atom is 0.120 e. The molecule has 26 heavy (non-hydrogen) atoms. The largest absolute Gasteiger partial charge is 0.508 e. The molecule has 0 atom stereocenters. The number of phenols is 1. The fourth-order valence-electron chi connectivity index (χ4n) is 2.82. The number of hydrogen-bond donors (Lipinski definition) is 2. The number of halogens is 2. The highest BCUT2D eigenvalue weighted by molar-refractivity contribution is 6.42. The van der Waals surface area contributed by atoms with Crippen molar-refractivity contribution in [3.63, 3.8) is 0 Å². The monoisotopic (exact) mass is 391 g/mol. The predicted octanol–water partition coefficient (Wildman–Crippen LogP) is 4.12. The molecular formula is C20H23Cl2N3O. The second-order valence-corrected chi connectivity index (χ2v) is 7.33. The summed E-state index contributed by atoms with van der Waals surface area (Å²) in [7, 11) is 2.13. The van der Waals surface area contributed by atoms with Gasteiger partial charge in [-0.3, -0.25) is 5.43 Å². The van der Waals surface area contributed by atoms with E-state index in [-0.39, 0.29) is 0 Å². The first kappa shape index (κ1) is 19.2. The van der Waals surface area contributed by atoms with Crippen molar-refractivity contribution in [2.45, 2.75) is 6.54 Å². The first-order chi connectivity index (χ1) is 12.5. The van der Waals surface area contributed by atoms with Crippen LogP contribution in [0.25, 0.3) is 12.2 Å². The van der Waals surface area contributed by atoms with Gasteiger partial charge in [0.1, 0.15) is 5.75 Å². The lowest BCUT2D eigenvalue weighted by molar-refractivity contribution is 0.102. The summed E-state index contributed by atoms with van der Waals surface area (Å²) in [5.41, 5.74) is 6.27. The number of hydrazine groups is 1. The molecule has 0 amide bonds. The average molecular weight is 392 g/mol. The lowest BCUT2D eigenvalue weighted by Crippen LogP contribution is -2.50. The van der Waals surface area contributed by atoms with Gasteiger partial charge in [-0.1, -0.05) is 47.5 Å². The normalized spacial score (nSPS) is 16.4. The SMILES string of the molecule is CN1CCN(NCc2cc(/C=C/c3ccc(Cl)c(Cl)c3)ccc2O)CC1. The molecule has 2 aromatic rings. The number of rotatable bonds is 5. The Labute approximate surface area is 164 Å². The zero-order valence-corrected chi connectivity index (χ0v) is 16.3. The van der Waals surface area contributed by atoms with E-state index in [1.807, 2.05) is 36.4 Å². The lowest BCUT2D eigenvalue weighted by Gasteiger charge is -2.32. The minimum absolute atomic E-state index is 0.304. The molecule has 0 spiro atoms. The van der Waals surface area contributed by atoms with Crippen LogP contribution in [0.5, 0.6) is 5.75 Å². The quantitative estimate of drug-likeness (QED) is 0.751. The fraction of sp³-hybridized carbons (Fsp3) is 0.300. The van der Waals surface area contributed by atoms with Crippen molar-refractivity contribution in [2.24, 2.45) is 0 Å². The van der Waals surface area contributed by atoms with Gasteiger partial charge in [-0.25, -0.2) is 5.01 Å². The van der Waals surface area contributed by atoms with E-state index < -0.39 is 0 Å². The number of aromatic hydroxyl groups is 1. The Hall–Kier alpha value is -1.56. The molecule has 1 saturated heterocycles. The molecule has 2 aromatic carbocycles. The maximum atomic E-state index is 10.1. The van der Waals surface area contributed by atoms with Gasteiger partial charge in [0.25, 0.3) is 0 Å². The molecule has 6 heteroatoms. The highest BCUT2D eigenvalue weighted by Crippen LogP contribution is 2.24. The molecule has 0 saturated carbocycles. The highest BCUT2D eigenvalue weighted by Gasteiger charge is 2.13. The van der Waals surface area contributed by atoms with Gasteiger partial charge in [0.05, 0.1) is 10.0 Å². The van der Waals surface area contributed by atoms with Crippen LogP contribution in [0, 0.1) is 0 Å². The Morgan fingerprint density at radius 3 is 2.31 bits per heavy atom. The van der Waals surface area contributed by atoms with E-state index in [1.54, 1.807) is 12.1 Å². The predicted molar refractivity (Wildman–Crippen MR) is 109 cm³/mol. The molecule has 0 aromatic heterocycles. The molecule has 1 heterocycles. The van der Waals surface area contributed by atoms with Gasteiger partial charge in [0.15, 0.2) is 0 Å². The van der Waals surface area contributed by atoms with E-state index in [2.05, 4.69) is 22.4 Å². The number of nitrogens with one attached hydrogen (secondary N) is 1. The van der Waals surface area contributed by atoms with Crippen LogP contribution < -0.4 is 5.43 Å². The zero-order valence-electron chi connectivity index (χ0n) is 14.8. The summed E-state index contributed by atoms with van der Waals surface area (Å²) in [4.78, 5) is 2.31. The summed E-state index contributed by atoms with van der Waals surface area (Å²) in [5.74, 6) is 0.304. The average Bonchev–Trinajstić information content (AvgIpc) is 2.64. The van der Waals surface area contributed by atoms with Crippen molar-refractivity contribution in [1.82, 2.24) is 15.3 Å². The van der Waals surface area contributed by atoms with Gasteiger partial charge in [-0.2, -0.15) is 0 Å². The van der Waals surface area contributed by atoms with Crippen molar-refractivity contribution < 1.29 is 5.11 Å². The molecule has 0 aliphatic carbocycles. The summed E-state index contributed by atoms with van der Waals surface area (Å²) in [6.07, 6.45) is 3.98. The van der Waals surface area contributed by atoms with Crippen molar-refractivity contribution in [2.75, 3.05) is 33.2 Å². The second kappa shape index (κ2) is 8.89. The number of hydrogen-bond acceptors (Lipinski definition) is 4. The van der Waals surface area contributed by atoms with Gasteiger partial charge in [0, 0.05) is 38.3 Å². The van der Waals surface area contributed by atoms with Crippen LogP contribution in [-0.2, 0) is 6.54 Å². The summed E-state index contributed by atoms with van der Waals surface area (Å²) in [6.45, 7) is 4.66. The van der Waals surface area contributed by atoms with Crippen LogP contribution in [0.3, 0.4) is 0 Å². The summed E-state index contributed by atoms with van der Waals surface area (Å²) >= 11 is 12.0. The molecule has 138 valence electrons. The number of nitrogens with zero attached hydrogens (tertiary/aromatic N) is 2. The molecular weight excluding hydrogens is 369 g/mol. The highest BCUT2D eigenvalue weighted by atomic mass is 35.5. The number of benzene rings is 2. The number of likely N-dealkylation sites (N-methyl/N-ethyl adjacent to an activating group) is 1. The fourth-order valence-corrected chi connectivity index (χ4v) is 3.13. The standard InChI is InChI=1S/C20H23Cl2N3O/c1-24-8-10-25(11-9-24)23-14-17-12-15(5-7-20(17)26)2-3-16-4-6-18(21)19(22)13-16/h2-7,12-13,23,26H,8-11,14H2,1H3/b3-2+. The molecule has 0 radical (unpaired) electrons. The summed E-state index contributed by atoms with van der Waals surface area (Å²) in [6, 6.07) is 11.1.